The molecular weight excluding hydrogens is 436 g/mol. The number of carbonyl (C=O) groups excluding carboxylic acids is 1. The minimum Gasteiger partial charge on any atom is -0.381 e. The fourth-order valence-electron chi connectivity index (χ4n) is 4.55. The second kappa shape index (κ2) is 9.40. The molecule has 1 N–H and O–H groups in total. The van der Waals surface area contributed by atoms with Gasteiger partial charge in [-0.1, -0.05) is 11.6 Å². The van der Waals surface area contributed by atoms with Crippen molar-refractivity contribution in [2.24, 2.45) is 0 Å². The normalized spacial score (nSPS) is 24.6. The minimum atomic E-state index is -3.71. The van der Waals surface area contributed by atoms with Crippen LogP contribution in [0.4, 0.5) is 5.88 Å². The van der Waals surface area contributed by atoms with Gasteiger partial charge in [0.2, 0.25) is 11.8 Å². The van der Waals surface area contributed by atoms with Gasteiger partial charge in [0, 0.05) is 31.3 Å². The summed E-state index contributed by atoms with van der Waals surface area (Å²) in [6.45, 7) is 4.88. The second-order valence-electron chi connectivity index (χ2n) is 9.64. The van der Waals surface area contributed by atoms with Gasteiger partial charge in [-0.2, -0.15) is 0 Å². The quantitative estimate of drug-likeness (QED) is 0.616. The SMILES string of the molecule is CC(C)(C(=O)Nc1cc(C2(COC3CCCCO3)CCC2)no1)S(=O)(=O)C1CCOCC1. The van der Waals surface area contributed by atoms with Gasteiger partial charge >= 0.3 is 0 Å². The summed E-state index contributed by atoms with van der Waals surface area (Å²) in [6, 6.07) is 1.69. The van der Waals surface area contributed by atoms with E-state index in [1.165, 1.54) is 13.8 Å². The molecule has 10 heteroatoms. The van der Waals surface area contributed by atoms with Gasteiger partial charge in [-0.05, 0) is 58.8 Å². The summed E-state index contributed by atoms with van der Waals surface area (Å²) in [4.78, 5) is 12.9. The third kappa shape index (κ3) is 4.60. The molecular formula is C22H34N2O7S. The van der Waals surface area contributed by atoms with Crippen LogP contribution in [0.25, 0.3) is 0 Å². The van der Waals surface area contributed by atoms with Crippen LogP contribution >= 0.6 is 0 Å². The number of hydrogen-bond donors (Lipinski definition) is 1. The molecule has 1 amide bonds. The number of rotatable bonds is 8. The summed E-state index contributed by atoms with van der Waals surface area (Å²) in [5.41, 5.74) is 0.469. The van der Waals surface area contributed by atoms with E-state index in [0.29, 0.717) is 32.7 Å². The lowest BCUT2D eigenvalue weighted by Crippen LogP contribution is -2.50. The van der Waals surface area contributed by atoms with E-state index in [9.17, 15) is 13.2 Å². The first-order chi connectivity index (χ1) is 15.2. The van der Waals surface area contributed by atoms with Crippen LogP contribution in [0.2, 0.25) is 0 Å². The van der Waals surface area contributed by atoms with Crippen molar-refractivity contribution < 1.29 is 31.9 Å². The lowest BCUT2D eigenvalue weighted by atomic mass is 9.67. The van der Waals surface area contributed by atoms with Gasteiger partial charge in [-0.15, -0.1) is 0 Å². The summed E-state index contributed by atoms with van der Waals surface area (Å²) in [6.07, 6.45) is 6.60. The van der Waals surface area contributed by atoms with Crippen molar-refractivity contribution in [3.63, 3.8) is 0 Å². The zero-order valence-electron chi connectivity index (χ0n) is 18.9. The predicted octanol–water partition coefficient (Wildman–Crippen LogP) is 2.95. The summed E-state index contributed by atoms with van der Waals surface area (Å²) in [5, 5.41) is 6.23. The van der Waals surface area contributed by atoms with Gasteiger partial charge in [0.1, 0.15) is 4.75 Å². The standard InChI is InChI=1S/C22H34N2O7S/c1-21(2,32(26,27)16-7-12-28-13-8-16)20(25)23-18-14-17(24-31-18)22(9-5-10-22)15-30-19-6-3-4-11-29-19/h14,16,19H,3-13,15H2,1-2H3,(H,23,25). The molecule has 3 fully saturated rings. The van der Waals surface area contributed by atoms with E-state index in [1.807, 2.05) is 0 Å². The third-order valence-corrected chi connectivity index (χ3v) is 10.1. The van der Waals surface area contributed by atoms with E-state index in [-0.39, 0.29) is 17.6 Å². The maximum Gasteiger partial charge on any atom is 0.247 e. The van der Waals surface area contributed by atoms with Gasteiger partial charge in [0.25, 0.3) is 0 Å². The first-order valence-corrected chi connectivity index (χ1v) is 13.1. The van der Waals surface area contributed by atoms with E-state index in [2.05, 4.69) is 10.5 Å². The Morgan fingerprint density at radius 2 is 1.94 bits per heavy atom. The van der Waals surface area contributed by atoms with E-state index in [0.717, 1.165) is 50.8 Å². The van der Waals surface area contributed by atoms with Crippen LogP contribution in [-0.4, -0.2) is 62.2 Å². The molecule has 4 rings (SSSR count). The van der Waals surface area contributed by atoms with E-state index in [4.69, 9.17) is 18.7 Å². The minimum absolute atomic E-state index is 0.153. The van der Waals surface area contributed by atoms with Crippen LogP contribution in [0.1, 0.15) is 70.9 Å². The Labute approximate surface area is 189 Å². The van der Waals surface area contributed by atoms with E-state index in [1.54, 1.807) is 6.07 Å². The lowest BCUT2D eigenvalue weighted by Gasteiger charge is -2.40. The van der Waals surface area contributed by atoms with Crippen LogP contribution in [0, 0.1) is 0 Å². The molecule has 0 aromatic carbocycles. The van der Waals surface area contributed by atoms with Crippen LogP contribution in [0.5, 0.6) is 0 Å². The maximum atomic E-state index is 13.1. The largest absolute Gasteiger partial charge is 0.381 e. The van der Waals surface area contributed by atoms with Crippen molar-refractivity contribution in [3.05, 3.63) is 11.8 Å². The highest BCUT2D eigenvalue weighted by molar-refractivity contribution is 7.94. The topological polar surface area (TPSA) is 117 Å². The molecule has 2 aliphatic heterocycles. The van der Waals surface area contributed by atoms with E-state index < -0.39 is 25.7 Å². The molecule has 3 heterocycles. The van der Waals surface area contributed by atoms with Crippen molar-refractivity contribution in [3.8, 4) is 0 Å². The Morgan fingerprint density at radius 3 is 2.56 bits per heavy atom. The Balaban J connectivity index is 1.41. The number of ether oxygens (including phenoxy) is 3. The molecule has 1 aromatic rings. The molecule has 1 unspecified atom stereocenters. The van der Waals surface area contributed by atoms with Gasteiger partial charge in [0.05, 0.1) is 17.6 Å². The molecule has 32 heavy (non-hydrogen) atoms. The molecule has 9 nitrogen and oxygen atoms in total. The first-order valence-electron chi connectivity index (χ1n) is 11.6. The van der Waals surface area contributed by atoms with Crippen molar-refractivity contribution in [2.75, 3.05) is 31.7 Å². The lowest BCUT2D eigenvalue weighted by molar-refractivity contribution is -0.177. The van der Waals surface area contributed by atoms with Crippen molar-refractivity contribution in [1.82, 2.24) is 5.16 Å². The van der Waals surface area contributed by atoms with Crippen LogP contribution in [-0.2, 0) is 34.3 Å². The smallest absolute Gasteiger partial charge is 0.247 e. The molecule has 0 bridgehead atoms. The average Bonchev–Trinajstić information content (AvgIpc) is 3.23. The number of sulfone groups is 1. The highest BCUT2D eigenvalue weighted by atomic mass is 32.2. The Morgan fingerprint density at radius 1 is 1.19 bits per heavy atom. The molecule has 0 radical (unpaired) electrons. The monoisotopic (exact) mass is 470 g/mol. The number of nitrogens with one attached hydrogen (secondary N) is 1. The molecule has 1 atom stereocenters. The molecule has 1 aliphatic carbocycles. The van der Waals surface area contributed by atoms with Crippen molar-refractivity contribution >= 4 is 21.6 Å². The summed E-state index contributed by atoms with van der Waals surface area (Å²) < 4.78 is 46.9. The van der Waals surface area contributed by atoms with Crippen molar-refractivity contribution in [2.45, 2.75) is 86.9 Å². The Bertz CT molecular complexity index is 895. The summed E-state index contributed by atoms with van der Waals surface area (Å²) >= 11 is 0. The first kappa shape index (κ1) is 23.7. The van der Waals surface area contributed by atoms with Gasteiger partial charge in [-0.3, -0.25) is 10.1 Å². The fourth-order valence-corrected chi connectivity index (χ4v) is 6.51. The predicted molar refractivity (Wildman–Crippen MR) is 117 cm³/mol. The summed E-state index contributed by atoms with van der Waals surface area (Å²) in [7, 11) is -3.71. The van der Waals surface area contributed by atoms with E-state index >= 15 is 0 Å². The van der Waals surface area contributed by atoms with Gasteiger partial charge in [-0.25, -0.2) is 8.42 Å². The Kier molecular flexibility index (Phi) is 6.95. The number of aromatic nitrogens is 1. The highest BCUT2D eigenvalue weighted by Crippen LogP contribution is 2.44. The maximum absolute atomic E-state index is 13.1. The number of amides is 1. The molecule has 3 aliphatic rings. The number of hydrogen-bond acceptors (Lipinski definition) is 8. The number of carbonyl (C=O) groups is 1. The van der Waals surface area contributed by atoms with Gasteiger partial charge < -0.3 is 18.7 Å². The molecule has 2 saturated heterocycles. The number of nitrogens with zero attached hydrogens (tertiary/aromatic N) is 1. The van der Waals surface area contributed by atoms with Crippen LogP contribution < -0.4 is 5.32 Å². The second-order valence-corrected chi connectivity index (χ2v) is 12.4. The molecule has 1 saturated carbocycles. The third-order valence-electron chi connectivity index (χ3n) is 7.15. The van der Waals surface area contributed by atoms with Crippen LogP contribution in [0.15, 0.2) is 10.6 Å². The highest BCUT2D eigenvalue weighted by Gasteiger charge is 2.47. The molecule has 1 aromatic heterocycles. The zero-order chi connectivity index (χ0) is 22.8. The van der Waals surface area contributed by atoms with Crippen molar-refractivity contribution in [1.29, 1.82) is 0 Å². The zero-order valence-corrected chi connectivity index (χ0v) is 19.7. The van der Waals surface area contributed by atoms with Gasteiger partial charge in [0.15, 0.2) is 16.1 Å². The average molecular weight is 471 g/mol. The Hall–Kier alpha value is -1.49. The molecule has 0 spiro atoms. The molecule has 180 valence electrons. The van der Waals surface area contributed by atoms with Crippen LogP contribution in [0.3, 0.4) is 0 Å². The summed E-state index contributed by atoms with van der Waals surface area (Å²) in [5.74, 6) is -0.471. The fraction of sp³-hybridized carbons (Fsp3) is 0.818. The number of anilines is 1.